The molecule has 0 saturated heterocycles. The number of aryl methyl sites for hydroxylation is 1. The lowest BCUT2D eigenvalue weighted by molar-refractivity contribution is 0.620. The van der Waals surface area contributed by atoms with Crippen molar-refractivity contribution in [2.75, 3.05) is 6.54 Å². The monoisotopic (exact) mass is 276 g/mol. The highest BCUT2D eigenvalue weighted by Crippen LogP contribution is 2.26. The van der Waals surface area contributed by atoms with Crippen LogP contribution in [0.4, 0.5) is 0 Å². The molecule has 2 aromatic heterocycles. The Morgan fingerprint density at radius 3 is 2.95 bits per heavy atom. The van der Waals surface area contributed by atoms with Gasteiger partial charge in [0, 0.05) is 23.8 Å². The van der Waals surface area contributed by atoms with E-state index >= 15 is 0 Å². The molecule has 1 N–H and O–H groups in total. The van der Waals surface area contributed by atoms with E-state index in [0.29, 0.717) is 0 Å². The number of hydrogen-bond donors (Lipinski definition) is 1. The van der Waals surface area contributed by atoms with Crippen molar-refractivity contribution in [1.82, 2.24) is 20.3 Å². The molecule has 3 heterocycles. The van der Waals surface area contributed by atoms with Crippen molar-refractivity contribution in [2.24, 2.45) is 0 Å². The molecule has 0 fully saturated rings. The zero-order chi connectivity index (χ0) is 14.2. The van der Waals surface area contributed by atoms with E-state index in [1.54, 1.807) is 0 Å². The molecule has 104 valence electrons. The fourth-order valence-electron chi connectivity index (χ4n) is 2.95. The van der Waals surface area contributed by atoms with Gasteiger partial charge >= 0.3 is 0 Å². The van der Waals surface area contributed by atoms with Crippen molar-refractivity contribution in [3.63, 3.8) is 0 Å². The van der Waals surface area contributed by atoms with E-state index < -0.39 is 0 Å². The normalized spacial score (nSPS) is 14.1. The molecule has 1 aliphatic heterocycles. The molecule has 4 nitrogen and oxygen atoms in total. The van der Waals surface area contributed by atoms with E-state index in [9.17, 15) is 0 Å². The third-order valence-electron chi connectivity index (χ3n) is 4.03. The van der Waals surface area contributed by atoms with Gasteiger partial charge in [0.05, 0.1) is 5.69 Å². The van der Waals surface area contributed by atoms with Gasteiger partial charge in [-0.1, -0.05) is 24.3 Å². The molecular weight excluding hydrogens is 260 g/mol. The third kappa shape index (κ3) is 2.08. The van der Waals surface area contributed by atoms with E-state index in [0.717, 1.165) is 47.8 Å². The molecule has 0 radical (unpaired) electrons. The summed E-state index contributed by atoms with van der Waals surface area (Å²) in [7, 11) is 0. The molecule has 0 atom stereocenters. The fourth-order valence-corrected chi connectivity index (χ4v) is 2.95. The van der Waals surface area contributed by atoms with Crippen LogP contribution in [0, 0.1) is 6.92 Å². The minimum atomic E-state index is 0.728. The maximum atomic E-state index is 4.76. The molecule has 4 rings (SSSR count). The van der Waals surface area contributed by atoms with Gasteiger partial charge in [0.25, 0.3) is 0 Å². The first kappa shape index (κ1) is 12.4. The largest absolute Gasteiger partial charge is 0.311 e. The van der Waals surface area contributed by atoms with Gasteiger partial charge in [-0.15, -0.1) is 0 Å². The SMILES string of the molecule is Cc1nc(-c2nccc3ccccc23)nc2c1CCNC2. The van der Waals surface area contributed by atoms with E-state index in [4.69, 9.17) is 9.97 Å². The Morgan fingerprint density at radius 2 is 2.00 bits per heavy atom. The number of nitrogens with one attached hydrogen (secondary N) is 1. The summed E-state index contributed by atoms with van der Waals surface area (Å²) < 4.78 is 0. The topological polar surface area (TPSA) is 50.7 Å². The summed E-state index contributed by atoms with van der Waals surface area (Å²) in [4.78, 5) is 14.0. The molecule has 21 heavy (non-hydrogen) atoms. The van der Waals surface area contributed by atoms with Crippen LogP contribution in [-0.4, -0.2) is 21.5 Å². The Bertz CT molecular complexity index is 821. The summed E-state index contributed by atoms with van der Waals surface area (Å²) in [5.41, 5.74) is 4.34. The van der Waals surface area contributed by atoms with Crippen LogP contribution in [0.2, 0.25) is 0 Å². The lowest BCUT2D eigenvalue weighted by Crippen LogP contribution is -2.26. The average Bonchev–Trinajstić information content (AvgIpc) is 2.54. The quantitative estimate of drug-likeness (QED) is 0.742. The lowest BCUT2D eigenvalue weighted by atomic mass is 10.0. The van der Waals surface area contributed by atoms with Gasteiger partial charge in [0.15, 0.2) is 5.82 Å². The second-order valence-electron chi connectivity index (χ2n) is 5.37. The van der Waals surface area contributed by atoms with Crippen LogP contribution in [0.5, 0.6) is 0 Å². The second kappa shape index (κ2) is 4.90. The predicted octanol–water partition coefficient (Wildman–Crippen LogP) is 2.65. The first-order valence-electron chi connectivity index (χ1n) is 7.24. The van der Waals surface area contributed by atoms with Gasteiger partial charge in [0.1, 0.15) is 5.69 Å². The minimum Gasteiger partial charge on any atom is -0.311 e. The summed E-state index contributed by atoms with van der Waals surface area (Å²) in [6.45, 7) is 3.89. The molecule has 0 spiro atoms. The number of pyridine rings is 1. The average molecular weight is 276 g/mol. The predicted molar refractivity (Wildman–Crippen MR) is 82.9 cm³/mol. The maximum absolute atomic E-state index is 4.76. The van der Waals surface area contributed by atoms with Crippen LogP contribution in [-0.2, 0) is 13.0 Å². The molecule has 3 aromatic rings. The van der Waals surface area contributed by atoms with Crippen molar-refractivity contribution in [3.05, 3.63) is 53.5 Å². The first-order chi connectivity index (χ1) is 10.3. The Morgan fingerprint density at radius 1 is 1.10 bits per heavy atom. The number of rotatable bonds is 1. The highest BCUT2D eigenvalue weighted by atomic mass is 15.0. The standard InChI is InChI=1S/C17H16N4/c1-11-13-7-8-18-10-15(13)21-17(20-11)16-14-5-3-2-4-12(14)6-9-19-16/h2-6,9,18H,7-8,10H2,1H3. The molecule has 0 aliphatic carbocycles. The molecule has 0 saturated carbocycles. The van der Waals surface area contributed by atoms with Crippen LogP contribution >= 0.6 is 0 Å². The van der Waals surface area contributed by atoms with Gasteiger partial charge in [-0.2, -0.15) is 0 Å². The molecule has 0 amide bonds. The maximum Gasteiger partial charge on any atom is 0.179 e. The molecule has 1 aromatic carbocycles. The number of benzene rings is 1. The van der Waals surface area contributed by atoms with Gasteiger partial charge in [-0.05, 0) is 36.9 Å². The zero-order valence-corrected chi connectivity index (χ0v) is 11.9. The number of fused-ring (bicyclic) bond motifs is 2. The van der Waals surface area contributed by atoms with Gasteiger partial charge in [-0.25, -0.2) is 9.97 Å². The molecule has 0 unspecified atom stereocenters. The van der Waals surface area contributed by atoms with E-state index in [1.807, 2.05) is 24.4 Å². The van der Waals surface area contributed by atoms with Crippen LogP contribution in [0.25, 0.3) is 22.3 Å². The van der Waals surface area contributed by atoms with Gasteiger partial charge in [-0.3, -0.25) is 4.98 Å². The summed E-state index contributed by atoms with van der Waals surface area (Å²) in [6.07, 6.45) is 2.83. The van der Waals surface area contributed by atoms with Crippen molar-refractivity contribution >= 4 is 10.8 Å². The van der Waals surface area contributed by atoms with Crippen molar-refractivity contribution < 1.29 is 0 Å². The Hall–Kier alpha value is -2.33. The van der Waals surface area contributed by atoms with Crippen LogP contribution in [0.3, 0.4) is 0 Å². The van der Waals surface area contributed by atoms with Crippen molar-refractivity contribution in [1.29, 1.82) is 0 Å². The summed E-state index contributed by atoms with van der Waals surface area (Å²) >= 11 is 0. The highest BCUT2D eigenvalue weighted by Gasteiger charge is 2.17. The van der Waals surface area contributed by atoms with Crippen molar-refractivity contribution in [2.45, 2.75) is 19.9 Å². The Kier molecular flexibility index (Phi) is 2.89. The first-order valence-corrected chi connectivity index (χ1v) is 7.24. The lowest BCUT2D eigenvalue weighted by Gasteiger charge is -2.18. The molecule has 0 bridgehead atoms. The van der Waals surface area contributed by atoms with Gasteiger partial charge in [0.2, 0.25) is 0 Å². The van der Waals surface area contributed by atoms with E-state index in [1.165, 1.54) is 10.9 Å². The second-order valence-corrected chi connectivity index (χ2v) is 5.37. The Labute approximate surface area is 123 Å². The fraction of sp³-hybridized carbons (Fsp3) is 0.235. The summed E-state index contributed by atoms with van der Waals surface area (Å²) in [6, 6.07) is 10.3. The third-order valence-corrected chi connectivity index (χ3v) is 4.03. The van der Waals surface area contributed by atoms with Gasteiger partial charge < -0.3 is 5.32 Å². The van der Waals surface area contributed by atoms with Crippen LogP contribution in [0.1, 0.15) is 17.0 Å². The summed E-state index contributed by atoms with van der Waals surface area (Å²) in [5, 5.41) is 5.64. The van der Waals surface area contributed by atoms with Crippen LogP contribution < -0.4 is 5.32 Å². The molecular formula is C17H16N4. The van der Waals surface area contributed by atoms with E-state index in [2.05, 4.69) is 29.4 Å². The van der Waals surface area contributed by atoms with Crippen molar-refractivity contribution in [3.8, 4) is 11.5 Å². The summed E-state index contributed by atoms with van der Waals surface area (Å²) in [5.74, 6) is 0.728. The molecule has 1 aliphatic rings. The van der Waals surface area contributed by atoms with Crippen LogP contribution in [0.15, 0.2) is 36.5 Å². The smallest absolute Gasteiger partial charge is 0.179 e. The number of nitrogens with zero attached hydrogens (tertiary/aromatic N) is 3. The number of aromatic nitrogens is 3. The molecule has 4 heteroatoms. The zero-order valence-electron chi connectivity index (χ0n) is 11.9. The highest BCUT2D eigenvalue weighted by molar-refractivity contribution is 5.92. The Balaban J connectivity index is 1.95. The minimum absolute atomic E-state index is 0.728. The number of hydrogen-bond acceptors (Lipinski definition) is 4. The van der Waals surface area contributed by atoms with E-state index in [-0.39, 0.29) is 0 Å².